The second-order valence-corrected chi connectivity index (χ2v) is 8.02. The molecule has 33 heavy (non-hydrogen) atoms. The average Bonchev–Trinajstić information content (AvgIpc) is 3.28. The third-order valence-electron chi connectivity index (χ3n) is 5.80. The minimum absolute atomic E-state index is 0.0264. The Morgan fingerprint density at radius 2 is 1.88 bits per heavy atom. The highest BCUT2D eigenvalue weighted by Crippen LogP contribution is 2.34. The predicted molar refractivity (Wildman–Crippen MR) is 121 cm³/mol. The second-order valence-electron chi connectivity index (χ2n) is 8.02. The van der Waals surface area contributed by atoms with Crippen molar-refractivity contribution in [2.75, 3.05) is 37.6 Å². The van der Waals surface area contributed by atoms with Crippen molar-refractivity contribution in [3.63, 3.8) is 0 Å². The first-order chi connectivity index (χ1) is 16.0. The third-order valence-corrected chi connectivity index (χ3v) is 5.80. The lowest BCUT2D eigenvalue weighted by Gasteiger charge is -2.34. The molecule has 0 saturated carbocycles. The van der Waals surface area contributed by atoms with Crippen molar-refractivity contribution >= 4 is 29.2 Å². The number of carbonyl (C=O) groups is 3. The zero-order chi connectivity index (χ0) is 23.2. The van der Waals surface area contributed by atoms with Crippen LogP contribution < -0.4 is 20.1 Å². The fraction of sp³-hybridized carbons (Fsp3) is 0.375. The summed E-state index contributed by atoms with van der Waals surface area (Å²) >= 11 is 0. The van der Waals surface area contributed by atoms with Gasteiger partial charge < -0.3 is 24.8 Å². The summed E-state index contributed by atoms with van der Waals surface area (Å²) in [5, 5.41) is 5.68. The van der Waals surface area contributed by atoms with Crippen LogP contribution in [0.4, 0.5) is 11.4 Å². The molecule has 9 heteroatoms. The number of methoxy groups -OCH3 is 1. The number of likely N-dealkylation sites (tertiary alicyclic amines) is 1. The number of carbonyl (C=O) groups excluding carboxylic acids is 3. The van der Waals surface area contributed by atoms with Gasteiger partial charge >= 0.3 is 5.97 Å². The molecule has 174 valence electrons. The Kier molecular flexibility index (Phi) is 7.09. The van der Waals surface area contributed by atoms with Gasteiger partial charge in [0.05, 0.1) is 31.3 Å². The first kappa shape index (κ1) is 22.6. The number of esters is 1. The summed E-state index contributed by atoms with van der Waals surface area (Å²) in [6, 6.07) is 12.0. The first-order valence-electron chi connectivity index (χ1n) is 10.9. The quantitative estimate of drug-likeness (QED) is 0.621. The molecule has 1 saturated heterocycles. The molecule has 2 aliphatic rings. The van der Waals surface area contributed by atoms with E-state index in [1.165, 1.54) is 7.11 Å². The maximum Gasteiger partial charge on any atom is 0.307 e. The lowest BCUT2D eigenvalue weighted by atomic mass is 9.99. The molecular formula is C24H27N3O6. The largest absolute Gasteiger partial charge is 0.469 e. The Hall–Kier alpha value is -3.59. The van der Waals surface area contributed by atoms with Crippen LogP contribution in [-0.4, -0.2) is 55.7 Å². The van der Waals surface area contributed by atoms with Gasteiger partial charge in [-0.1, -0.05) is 18.6 Å². The summed E-state index contributed by atoms with van der Waals surface area (Å²) in [5.41, 5.74) is 1.32. The molecule has 2 N–H and O–H groups in total. The number of hydrogen-bond donors (Lipinski definition) is 2. The topological polar surface area (TPSA) is 106 Å². The van der Waals surface area contributed by atoms with Crippen LogP contribution in [0.3, 0.4) is 0 Å². The number of para-hydroxylation sites is 1. The molecule has 0 aromatic heterocycles. The molecule has 1 atom stereocenters. The standard InChI is InChI=1S/C24H27N3O6/c1-31-23(29)13-17-6-4-5-11-27(17)14-22(28)26-19-8-3-2-7-18(19)24(30)25-16-9-10-20-21(12-16)33-15-32-20/h2-3,7-10,12,17H,4-6,11,13-15H2,1H3,(H,25,30)(H,26,28). The predicted octanol–water partition coefficient (Wildman–Crippen LogP) is 3.02. The molecular weight excluding hydrogens is 426 g/mol. The normalized spacial score (nSPS) is 17.3. The monoisotopic (exact) mass is 453 g/mol. The van der Waals surface area contributed by atoms with E-state index >= 15 is 0 Å². The summed E-state index contributed by atoms with van der Waals surface area (Å²) in [5.74, 6) is 0.320. The summed E-state index contributed by atoms with van der Waals surface area (Å²) in [6.45, 7) is 1.03. The number of ether oxygens (including phenoxy) is 3. The number of anilines is 2. The van der Waals surface area contributed by atoms with Gasteiger partial charge in [0, 0.05) is 17.8 Å². The van der Waals surface area contributed by atoms with Gasteiger partial charge in [0.15, 0.2) is 11.5 Å². The Labute approximate surface area is 192 Å². The first-order valence-corrected chi connectivity index (χ1v) is 10.9. The van der Waals surface area contributed by atoms with Gasteiger partial charge in [-0.25, -0.2) is 0 Å². The van der Waals surface area contributed by atoms with Crippen LogP contribution in [0.1, 0.15) is 36.0 Å². The van der Waals surface area contributed by atoms with Crippen molar-refractivity contribution in [1.82, 2.24) is 4.90 Å². The average molecular weight is 453 g/mol. The summed E-state index contributed by atoms with van der Waals surface area (Å²) in [7, 11) is 1.37. The molecule has 4 rings (SSSR count). The summed E-state index contributed by atoms with van der Waals surface area (Å²) < 4.78 is 15.4. The van der Waals surface area contributed by atoms with E-state index in [1.807, 2.05) is 4.90 Å². The number of amides is 2. The Morgan fingerprint density at radius 3 is 2.73 bits per heavy atom. The third kappa shape index (κ3) is 5.61. The zero-order valence-electron chi connectivity index (χ0n) is 18.5. The molecule has 0 bridgehead atoms. The number of nitrogens with one attached hydrogen (secondary N) is 2. The van der Waals surface area contributed by atoms with Crippen molar-refractivity contribution in [3.05, 3.63) is 48.0 Å². The highest BCUT2D eigenvalue weighted by molar-refractivity contribution is 6.10. The van der Waals surface area contributed by atoms with Crippen LogP contribution in [-0.2, 0) is 14.3 Å². The molecule has 2 aromatic rings. The Bertz CT molecular complexity index is 1040. The SMILES string of the molecule is COC(=O)CC1CCCCN1CC(=O)Nc1ccccc1C(=O)Nc1ccc2c(c1)OCO2. The highest BCUT2D eigenvalue weighted by Gasteiger charge is 2.27. The van der Waals surface area contributed by atoms with Gasteiger partial charge in [0.2, 0.25) is 12.7 Å². The van der Waals surface area contributed by atoms with E-state index in [0.717, 1.165) is 25.8 Å². The van der Waals surface area contributed by atoms with E-state index in [4.69, 9.17) is 14.2 Å². The van der Waals surface area contributed by atoms with Crippen molar-refractivity contribution in [1.29, 1.82) is 0 Å². The summed E-state index contributed by atoms with van der Waals surface area (Å²) in [6.07, 6.45) is 3.09. The van der Waals surface area contributed by atoms with E-state index in [1.54, 1.807) is 42.5 Å². The summed E-state index contributed by atoms with van der Waals surface area (Å²) in [4.78, 5) is 39.5. The van der Waals surface area contributed by atoms with E-state index in [2.05, 4.69) is 10.6 Å². The molecule has 2 aliphatic heterocycles. The highest BCUT2D eigenvalue weighted by atomic mass is 16.7. The number of piperidine rings is 1. The minimum atomic E-state index is -0.355. The second kappa shape index (κ2) is 10.4. The van der Waals surface area contributed by atoms with Crippen molar-refractivity contribution in [2.45, 2.75) is 31.7 Å². The maximum atomic E-state index is 12.9. The lowest BCUT2D eigenvalue weighted by Crippen LogP contribution is -2.45. The maximum absolute atomic E-state index is 12.9. The number of benzene rings is 2. The molecule has 2 aromatic carbocycles. The van der Waals surface area contributed by atoms with Crippen molar-refractivity contribution in [3.8, 4) is 11.5 Å². The number of fused-ring (bicyclic) bond motifs is 1. The number of rotatable bonds is 7. The van der Waals surface area contributed by atoms with Gasteiger partial charge in [-0.05, 0) is 43.7 Å². The molecule has 2 heterocycles. The van der Waals surface area contributed by atoms with Gasteiger partial charge in [0.25, 0.3) is 5.91 Å². The van der Waals surface area contributed by atoms with Crippen LogP contribution in [0.15, 0.2) is 42.5 Å². The van der Waals surface area contributed by atoms with Crippen LogP contribution >= 0.6 is 0 Å². The Morgan fingerprint density at radius 1 is 1.06 bits per heavy atom. The smallest absolute Gasteiger partial charge is 0.307 e. The molecule has 9 nitrogen and oxygen atoms in total. The van der Waals surface area contributed by atoms with Crippen LogP contribution in [0.25, 0.3) is 0 Å². The molecule has 0 radical (unpaired) electrons. The number of nitrogens with zero attached hydrogens (tertiary/aromatic N) is 1. The van der Waals surface area contributed by atoms with Crippen LogP contribution in [0.5, 0.6) is 11.5 Å². The van der Waals surface area contributed by atoms with E-state index in [0.29, 0.717) is 28.4 Å². The van der Waals surface area contributed by atoms with Gasteiger partial charge in [-0.3, -0.25) is 19.3 Å². The zero-order valence-corrected chi connectivity index (χ0v) is 18.5. The molecule has 0 aliphatic carbocycles. The molecule has 0 spiro atoms. The van der Waals surface area contributed by atoms with Gasteiger partial charge in [-0.15, -0.1) is 0 Å². The van der Waals surface area contributed by atoms with Gasteiger partial charge in [-0.2, -0.15) is 0 Å². The minimum Gasteiger partial charge on any atom is -0.469 e. The Balaban J connectivity index is 1.41. The van der Waals surface area contributed by atoms with E-state index in [-0.39, 0.29) is 43.6 Å². The van der Waals surface area contributed by atoms with Crippen molar-refractivity contribution < 1.29 is 28.6 Å². The van der Waals surface area contributed by atoms with Crippen molar-refractivity contribution in [2.24, 2.45) is 0 Å². The molecule has 1 unspecified atom stereocenters. The lowest BCUT2D eigenvalue weighted by molar-refractivity contribution is -0.142. The fourth-order valence-corrected chi connectivity index (χ4v) is 4.11. The van der Waals surface area contributed by atoms with Crippen LogP contribution in [0, 0.1) is 0 Å². The number of hydrogen-bond acceptors (Lipinski definition) is 7. The molecule has 1 fully saturated rings. The van der Waals surface area contributed by atoms with Crippen LogP contribution in [0.2, 0.25) is 0 Å². The fourth-order valence-electron chi connectivity index (χ4n) is 4.11. The molecule has 2 amide bonds. The van der Waals surface area contributed by atoms with E-state index < -0.39 is 0 Å². The van der Waals surface area contributed by atoms with Gasteiger partial charge in [0.1, 0.15) is 0 Å². The van der Waals surface area contributed by atoms with E-state index in [9.17, 15) is 14.4 Å².